The van der Waals surface area contributed by atoms with Gasteiger partial charge in [0, 0.05) is 6.54 Å². The second-order valence-electron chi connectivity index (χ2n) is 2.86. The van der Waals surface area contributed by atoms with Gasteiger partial charge < -0.3 is 13.4 Å². The molecule has 0 aliphatic carbocycles. The van der Waals surface area contributed by atoms with E-state index in [1.807, 2.05) is 18.4 Å². The molecule has 2 aromatic rings. The van der Waals surface area contributed by atoms with Crippen LogP contribution in [0.3, 0.4) is 0 Å². The van der Waals surface area contributed by atoms with Crippen molar-refractivity contribution < 1.29 is 8.83 Å². The third-order valence-electron chi connectivity index (χ3n) is 2.16. The number of aromatic nitrogens is 1. The summed E-state index contributed by atoms with van der Waals surface area (Å²) in [5, 5.41) is 0. The Kier molecular flexibility index (Phi) is 1.76. The van der Waals surface area contributed by atoms with E-state index in [2.05, 4.69) is 0 Å². The Hall–Kier alpha value is -1.45. The van der Waals surface area contributed by atoms with Gasteiger partial charge >= 0.3 is 5.82 Å². The minimum absolute atomic E-state index is 0.545. The van der Waals surface area contributed by atoms with Crippen LogP contribution in [0.2, 0.25) is 0 Å². The second-order valence-corrected chi connectivity index (χ2v) is 2.86. The maximum absolute atomic E-state index is 10.8. The number of rotatable bonds is 2. The summed E-state index contributed by atoms with van der Waals surface area (Å²) in [6.45, 7) is 4.92. The van der Waals surface area contributed by atoms with E-state index in [0.29, 0.717) is 11.2 Å². The molecule has 2 heterocycles. The molecule has 0 saturated carbocycles. The topological polar surface area (TPSA) is 48.3 Å². The van der Waals surface area contributed by atoms with E-state index in [0.717, 1.165) is 18.7 Å². The third kappa shape index (κ3) is 1.09. The number of aryl methyl sites for hydroxylation is 2. The zero-order valence-electron chi connectivity index (χ0n) is 7.66. The van der Waals surface area contributed by atoms with E-state index in [1.165, 1.54) is 0 Å². The fraction of sp³-hybridized carbons (Fsp3) is 0.444. The Labute approximate surface area is 74.8 Å². The molecule has 0 saturated heterocycles. The number of hydrogen-bond acceptors (Lipinski definition) is 3. The van der Waals surface area contributed by atoms with E-state index >= 15 is 0 Å². The van der Waals surface area contributed by atoms with Crippen LogP contribution in [0.5, 0.6) is 0 Å². The van der Waals surface area contributed by atoms with E-state index in [4.69, 9.17) is 8.83 Å². The first-order valence-corrected chi connectivity index (χ1v) is 4.38. The smallest absolute Gasteiger partial charge is 0.389 e. The van der Waals surface area contributed by atoms with Crippen LogP contribution in [0.4, 0.5) is 0 Å². The zero-order valence-corrected chi connectivity index (χ0v) is 7.66. The fourth-order valence-corrected chi connectivity index (χ4v) is 1.57. The highest BCUT2D eigenvalue weighted by Crippen LogP contribution is 2.20. The summed E-state index contributed by atoms with van der Waals surface area (Å²) < 4.78 is 11.8. The summed E-state index contributed by atoms with van der Waals surface area (Å²) in [4.78, 5) is 10.8. The molecule has 0 aliphatic heterocycles. The molecule has 0 N–H and O–H groups in total. The number of hydrogen-bond donors (Lipinski definition) is 0. The minimum atomic E-state index is -0.622. The van der Waals surface area contributed by atoms with Gasteiger partial charge in [0.05, 0.1) is 11.9 Å². The first kappa shape index (κ1) is 8.16. The van der Waals surface area contributed by atoms with Gasteiger partial charge in [-0.15, -0.1) is 0 Å². The molecule has 2 rings (SSSR count). The lowest BCUT2D eigenvalue weighted by Gasteiger charge is -2.00. The Balaban J connectivity index is 2.77. The molecule has 4 heteroatoms. The Morgan fingerprint density at radius 2 is 2.15 bits per heavy atom. The standard InChI is InChI=1S/C9H11NO3/c1-3-6-8-7(5-10(6)4-2)12-9(11)13-8/h5H,3-4H2,1-2H3. The summed E-state index contributed by atoms with van der Waals surface area (Å²) in [5.41, 5.74) is 2.15. The van der Waals surface area contributed by atoms with Gasteiger partial charge in [-0.3, -0.25) is 0 Å². The van der Waals surface area contributed by atoms with Crippen LogP contribution in [0, 0.1) is 0 Å². The fourth-order valence-electron chi connectivity index (χ4n) is 1.57. The second kappa shape index (κ2) is 2.80. The molecular weight excluding hydrogens is 170 g/mol. The summed E-state index contributed by atoms with van der Waals surface area (Å²) in [7, 11) is 0. The third-order valence-corrected chi connectivity index (χ3v) is 2.16. The van der Waals surface area contributed by atoms with Crippen molar-refractivity contribution >= 4 is 11.2 Å². The number of fused-ring (bicyclic) bond motifs is 1. The quantitative estimate of drug-likeness (QED) is 0.709. The van der Waals surface area contributed by atoms with Gasteiger partial charge in [-0.2, -0.15) is 0 Å². The SMILES string of the molecule is CCc1c2oc(=O)oc2cn1CC. The van der Waals surface area contributed by atoms with Crippen LogP contribution in [-0.2, 0) is 13.0 Å². The van der Waals surface area contributed by atoms with Crippen LogP contribution in [-0.4, -0.2) is 4.57 Å². The highest BCUT2D eigenvalue weighted by molar-refractivity contribution is 5.73. The van der Waals surface area contributed by atoms with Crippen molar-refractivity contribution in [2.75, 3.05) is 0 Å². The van der Waals surface area contributed by atoms with Crippen LogP contribution in [0.15, 0.2) is 19.8 Å². The van der Waals surface area contributed by atoms with Gasteiger partial charge in [-0.25, -0.2) is 4.79 Å². The van der Waals surface area contributed by atoms with Gasteiger partial charge in [0.2, 0.25) is 0 Å². The van der Waals surface area contributed by atoms with Crippen LogP contribution < -0.4 is 5.82 Å². The molecule has 0 aromatic carbocycles. The maximum Gasteiger partial charge on any atom is 0.519 e. The van der Waals surface area contributed by atoms with E-state index in [-0.39, 0.29) is 0 Å². The molecule has 0 unspecified atom stereocenters. The van der Waals surface area contributed by atoms with Gasteiger partial charge in [-0.1, -0.05) is 6.92 Å². The normalized spacial score (nSPS) is 11.2. The summed E-state index contributed by atoms with van der Waals surface area (Å²) >= 11 is 0. The highest BCUT2D eigenvalue weighted by atomic mass is 16.6. The number of nitrogens with zero attached hydrogens (tertiary/aromatic N) is 1. The summed E-state index contributed by atoms with van der Waals surface area (Å²) in [5.74, 6) is -0.622. The first-order valence-electron chi connectivity index (χ1n) is 4.38. The molecule has 0 spiro atoms. The molecule has 0 radical (unpaired) electrons. The van der Waals surface area contributed by atoms with Crippen molar-refractivity contribution in [3.05, 3.63) is 22.5 Å². The van der Waals surface area contributed by atoms with Crippen molar-refractivity contribution in [2.45, 2.75) is 26.8 Å². The van der Waals surface area contributed by atoms with Gasteiger partial charge in [0.1, 0.15) is 0 Å². The lowest BCUT2D eigenvalue weighted by Crippen LogP contribution is -1.98. The molecule has 0 atom stereocenters. The van der Waals surface area contributed by atoms with Crippen molar-refractivity contribution in [3.63, 3.8) is 0 Å². The summed E-state index contributed by atoms with van der Waals surface area (Å²) in [6, 6.07) is 0. The largest absolute Gasteiger partial charge is 0.519 e. The molecule has 0 amide bonds. The molecule has 2 aromatic heterocycles. The van der Waals surface area contributed by atoms with E-state index in [9.17, 15) is 4.79 Å². The van der Waals surface area contributed by atoms with Crippen molar-refractivity contribution in [1.82, 2.24) is 4.57 Å². The van der Waals surface area contributed by atoms with Crippen LogP contribution >= 0.6 is 0 Å². The molecular formula is C9H11NO3. The average Bonchev–Trinajstić information content (AvgIpc) is 2.59. The lowest BCUT2D eigenvalue weighted by molar-refractivity contribution is 0.404. The Morgan fingerprint density at radius 3 is 2.77 bits per heavy atom. The Morgan fingerprint density at radius 1 is 1.38 bits per heavy atom. The van der Waals surface area contributed by atoms with Crippen molar-refractivity contribution in [2.24, 2.45) is 0 Å². The Bertz CT molecular complexity index is 474. The molecule has 0 bridgehead atoms. The minimum Gasteiger partial charge on any atom is -0.389 e. The molecule has 0 fully saturated rings. The van der Waals surface area contributed by atoms with Gasteiger partial charge in [-0.05, 0) is 13.3 Å². The molecule has 13 heavy (non-hydrogen) atoms. The van der Waals surface area contributed by atoms with Gasteiger partial charge in [0.25, 0.3) is 0 Å². The predicted octanol–water partition coefficient (Wildman–Crippen LogP) is 1.77. The lowest BCUT2D eigenvalue weighted by atomic mass is 10.3. The molecule has 70 valence electrons. The maximum atomic E-state index is 10.8. The first-order chi connectivity index (χ1) is 6.26. The molecule has 4 nitrogen and oxygen atoms in total. The summed E-state index contributed by atoms with van der Waals surface area (Å²) in [6.07, 6.45) is 2.64. The highest BCUT2D eigenvalue weighted by Gasteiger charge is 2.13. The van der Waals surface area contributed by atoms with E-state index in [1.54, 1.807) is 6.20 Å². The zero-order chi connectivity index (χ0) is 9.42. The van der Waals surface area contributed by atoms with Crippen molar-refractivity contribution in [3.8, 4) is 0 Å². The van der Waals surface area contributed by atoms with E-state index < -0.39 is 5.82 Å². The molecule has 0 aliphatic rings. The van der Waals surface area contributed by atoms with Crippen LogP contribution in [0.1, 0.15) is 19.5 Å². The van der Waals surface area contributed by atoms with Crippen molar-refractivity contribution in [1.29, 1.82) is 0 Å². The monoisotopic (exact) mass is 181 g/mol. The predicted molar refractivity (Wildman–Crippen MR) is 47.8 cm³/mol. The van der Waals surface area contributed by atoms with Gasteiger partial charge in [0.15, 0.2) is 11.2 Å². The van der Waals surface area contributed by atoms with Crippen LogP contribution in [0.25, 0.3) is 11.2 Å². The average molecular weight is 181 g/mol.